The van der Waals surface area contributed by atoms with E-state index in [9.17, 15) is 4.79 Å². The molecule has 0 aliphatic rings. The second kappa shape index (κ2) is 8.93. The SMILES string of the molecule is CCOC(=O)c1cnn(-c2cc(Cl)ccc2NSc2ccc(C(C)(C)C)cc2)c1. The second-order valence-electron chi connectivity index (χ2n) is 7.53. The van der Waals surface area contributed by atoms with E-state index in [2.05, 4.69) is 54.9 Å². The third kappa shape index (κ3) is 5.34. The summed E-state index contributed by atoms with van der Waals surface area (Å²) < 4.78 is 10.0. The summed E-state index contributed by atoms with van der Waals surface area (Å²) in [7, 11) is 0. The van der Waals surface area contributed by atoms with Crippen LogP contribution in [0, 0.1) is 0 Å². The molecule has 7 heteroatoms. The lowest BCUT2D eigenvalue weighted by Gasteiger charge is -2.19. The quantitative estimate of drug-likeness (QED) is 0.378. The highest BCUT2D eigenvalue weighted by Gasteiger charge is 2.14. The van der Waals surface area contributed by atoms with Crippen LogP contribution in [0.2, 0.25) is 5.02 Å². The van der Waals surface area contributed by atoms with Crippen molar-refractivity contribution in [3.05, 3.63) is 71.0 Å². The Morgan fingerprint density at radius 1 is 1.21 bits per heavy atom. The van der Waals surface area contributed by atoms with Crippen LogP contribution in [0.25, 0.3) is 5.69 Å². The van der Waals surface area contributed by atoms with Gasteiger partial charge in [-0.3, -0.25) is 0 Å². The smallest absolute Gasteiger partial charge is 0.341 e. The summed E-state index contributed by atoms with van der Waals surface area (Å²) in [6.45, 7) is 8.68. The molecule has 0 radical (unpaired) electrons. The number of anilines is 1. The number of esters is 1. The lowest BCUT2D eigenvalue weighted by molar-refractivity contribution is 0.0526. The Morgan fingerprint density at radius 3 is 2.59 bits per heavy atom. The van der Waals surface area contributed by atoms with Gasteiger partial charge in [-0.1, -0.05) is 44.5 Å². The molecule has 0 atom stereocenters. The summed E-state index contributed by atoms with van der Waals surface area (Å²) in [5.74, 6) is -0.399. The minimum atomic E-state index is -0.399. The molecule has 1 heterocycles. The molecule has 0 unspecified atom stereocenters. The van der Waals surface area contributed by atoms with Crippen molar-refractivity contribution < 1.29 is 9.53 Å². The number of rotatable bonds is 6. The fourth-order valence-electron chi connectivity index (χ4n) is 2.69. The van der Waals surface area contributed by atoms with E-state index in [1.165, 1.54) is 23.7 Å². The number of carbonyl (C=O) groups is 1. The first-order valence-electron chi connectivity index (χ1n) is 9.33. The molecule has 1 N–H and O–H groups in total. The number of nitrogens with zero attached hydrogens (tertiary/aromatic N) is 2. The van der Waals surface area contributed by atoms with Crippen molar-refractivity contribution in [2.24, 2.45) is 0 Å². The van der Waals surface area contributed by atoms with Gasteiger partial charge in [-0.05, 0) is 60.2 Å². The van der Waals surface area contributed by atoms with E-state index < -0.39 is 5.97 Å². The lowest BCUT2D eigenvalue weighted by Crippen LogP contribution is -2.10. The zero-order valence-electron chi connectivity index (χ0n) is 16.9. The Balaban J connectivity index is 1.80. The first kappa shape index (κ1) is 21.3. The number of halogens is 1. The van der Waals surface area contributed by atoms with Crippen molar-refractivity contribution >= 4 is 35.2 Å². The minimum absolute atomic E-state index is 0.122. The highest BCUT2D eigenvalue weighted by Crippen LogP contribution is 2.30. The van der Waals surface area contributed by atoms with Gasteiger partial charge in [0.15, 0.2) is 0 Å². The summed E-state index contributed by atoms with van der Waals surface area (Å²) in [5, 5.41) is 4.87. The number of aromatic nitrogens is 2. The molecule has 0 fully saturated rings. The summed E-state index contributed by atoms with van der Waals surface area (Å²) in [6.07, 6.45) is 3.12. The molecule has 0 spiro atoms. The van der Waals surface area contributed by atoms with E-state index in [0.29, 0.717) is 17.2 Å². The van der Waals surface area contributed by atoms with Gasteiger partial charge in [-0.2, -0.15) is 5.10 Å². The second-order valence-corrected chi connectivity index (χ2v) is 8.85. The normalized spacial score (nSPS) is 11.3. The zero-order valence-corrected chi connectivity index (χ0v) is 18.5. The number of benzene rings is 2. The van der Waals surface area contributed by atoms with E-state index in [1.54, 1.807) is 23.9 Å². The monoisotopic (exact) mass is 429 g/mol. The van der Waals surface area contributed by atoms with Gasteiger partial charge in [0.05, 0.1) is 29.7 Å². The van der Waals surface area contributed by atoms with Crippen molar-refractivity contribution in [1.82, 2.24) is 9.78 Å². The Bertz CT molecular complexity index is 994. The molecule has 29 heavy (non-hydrogen) atoms. The van der Waals surface area contributed by atoms with Crippen LogP contribution in [-0.2, 0) is 10.2 Å². The van der Waals surface area contributed by atoms with Crippen LogP contribution in [0.4, 0.5) is 5.69 Å². The maximum atomic E-state index is 11.9. The molecule has 1 aromatic heterocycles. The molecule has 0 aliphatic carbocycles. The van der Waals surface area contributed by atoms with Crippen LogP contribution >= 0.6 is 23.5 Å². The van der Waals surface area contributed by atoms with Gasteiger partial charge < -0.3 is 9.46 Å². The lowest BCUT2D eigenvalue weighted by atomic mass is 9.87. The molecular weight excluding hydrogens is 406 g/mol. The predicted molar refractivity (Wildman–Crippen MR) is 119 cm³/mol. The molecule has 0 saturated carbocycles. The van der Waals surface area contributed by atoms with E-state index in [1.807, 2.05) is 12.1 Å². The third-order valence-corrected chi connectivity index (χ3v) is 5.36. The van der Waals surface area contributed by atoms with Crippen molar-refractivity contribution in [2.75, 3.05) is 11.3 Å². The molecular formula is C22H24ClN3O2S. The molecule has 152 valence electrons. The number of carbonyl (C=O) groups excluding carboxylic acids is 1. The molecule has 5 nitrogen and oxygen atoms in total. The van der Waals surface area contributed by atoms with Gasteiger partial charge in [0, 0.05) is 16.1 Å². The third-order valence-electron chi connectivity index (χ3n) is 4.30. The van der Waals surface area contributed by atoms with Gasteiger partial charge in [0.1, 0.15) is 0 Å². The van der Waals surface area contributed by atoms with Gasteiger partial charge in [0.2, 0.25) is 0 Å². The average molecular weight is 430 g/mol. The number of hydrogen-bond donors (Lipinski definition) is 1. The van der Waals surface area contributed by atoms with Crippen LogP contribution in [0.1, 0.15) is 43.6 Å². The first-order valence-corrected chi connectivity index (χ1v) is 10.5. The summed E-state index contributed by atoms with van der Waals surface area (Å²) >= 11 is 7.70. The van der Waals surface area contributed by atoms with Crippen molar-refractivity contribution in [3.63, 3.8) is 0 Å². The zero-order chi connectivity index (χ0) is 21.0. The Kier molecular flexibility index (Phi) is 6.55. The largest absolute Gasteiger partial charge is 0.462 e. The maximum Gasteiger partial charge on any atom is 0.341 e. The van der Waals surface area contributed by atoms with Gasteiger partial charge in [-0.25, -0.2) is 9.48 Å². The molecule has 0 aliphatic heterocycles. The van der Waals surface area contributed by atoms with Crippen LogP contribution < -0.4 is 4.72 Å². The minimum Gasteiger partial charge on any atom is -0.462 e. The number of nitrogens with one attached hydrogen (secondary N) is 1. The summed E-state index contributed by atoms with van der Waals surface area (Å²) in [6, 6.07) is 14.0. The van der Waals surface area contributed by atoms with Crippen LogP contribution in [0.5, 0.6) is 0 Å². The fourth-order valence-corrected chi connectivity index (χ4v) is 3.53. The topological polar surface area (TPSA) is 56.1 Å². The van der Waals surface area contributed by atoms with Crippen LogP contribution in [0.15, 0.2) is 59.8 Å². The van der Waals surface area contributed by atoms with Crippen LogP contribution in [-0.4, -0.2) is 22.4 Å². The van der Waals surface area contributed by atoms with Crippen molar-refractivity contribution in [2.45, 2.75) is 38.0 Å². The molecule has 0 saturated heterocycles. The predicted octanol–water partition coefficient (Wildman–Crippen LogP) is 6.12. The number of hydrogen-bond acceptors (Lipinski definition) is 5. The van der Waals surface area contributed by atoms with E-state index in [0.717, 1.165) is 16.3 Å². The number of ether oxygens (including phenoxy) is 1. The average Bonchev–Trinajstić information content (AvgIpc) is 3.17. The standard InChI is InChI=1S/C22H24ClN3O2S/c1-5-28-21(27)15-13-24-26(14-15)20-12-17(23)8-11-19(20)25-29-18-9-6-16(7-10-18)22(2,3)4/h6-14,25H,5H2,1-4H3. The van der Waals surface area contributed by atoms with E-state index >= 15 is 0 Å². The highest BCUT2D eigenvalue weighted by molar-refractivity contribution is 8.00. The van der Waals surface area contributed by atoms with E-state index in [-0.39, 0.29) is 5.41 Å². The first-order chi connectivity index (χ1) is 13.8. The molecule has 3 rings (SSSR count). The fraction of sp³-hybridized carbons (Fsp3) is 0.273. The molecule has 0 amide bonds. The van der Waals surface area contributed by atoms with Gasteiger partial charge in [0.25, 0.3) is 0 Å². The van der Waals surface area contributed by atoms with Crippen molar-refractivity contribution in [3.8, 4) is 5.69 Å². The maximum absolute atomic E-state index is 11.9. The Hall–Kier alpha value is -2.44. The molecule has 2 aromatic carbocycles. The Labute approximate surface area is 180 Å². The molecule has 3 aromatic rings. The van der Waals surface area contributed by atoms with Gasteiger partial charge in [-0.15, -0.1) is 0 Å². The van der Waals surface area contributed by atoms with E-state index in [4.69, 9.17) is 16.3 Å². The summed E-state index contributed by atoms with van der Waals surface area (Å²) in [4.78, 5) is 13.0. The van der Waals surface area contributed by atoms with Crippen LogP contribution in [0.3, 0.4) is 0 Å². The Morgan fingerprint density at radius 2 is 1.93 bits per heavy atom. The van der Waals surface area contributed by atoms with Crippen molar-refractivity contribution in [1.29, 1.82) is 0 Å². The molecule has 0 bridgehead atoms. The van der Waals surface area contributed by atoms with Gasteiger partial charge >= 0.3 is 5.97 Å². The highest BCUT2D eigenvalue weighted by atomic mass is 35.5. The summed E-state index contributed by atoms with van der Waals surface area (Å²) in [5.41, 5.74) is 3.38.